The average molecular weight is 362 g/mol. The number of hydrogen-bond donors (Lipinski definition) is 0. The van der Waals surface area contributed by atoms with Gasteiger partial charge in [0.05, 0.1) is 6.54 Å². The maximum Gasteiger partial charge on any atom is 0.254 e. The summed E-state index contributed by atoms with van der Waals surface area (Å²) in [5.41, 5.74) is 1.48. The lowest BCUT2D eigenvalue weighted by atomic mass is 10.0. The molecule has 0 radical (unpaired) electrons. The Bertz CT molecular complexity index is 1070. The summed E-state index contributed by atoms with van der Waals surface area (Å²) in [5, 5.41) is 2.03. The molecule has 1 atom stereocenters. The van der Waals surface area contributed by atoms with E-state index >= 15 is 0 Å². The predicted octanol–water partition coefficient (Wildman–Crippen LogP) is 3.14. The third kappa shape index (κ3) is 3.33. The number of pyridine rings is 1. The molecule has 4 rings (SSSR count). The van der Waals surface area contributed by atoms with Gasteiger partial charge < -0.3 is 14.2 Å². The van der Waals surface area contributed by atoms with Crippen LogP contribution >= 0.6 is 0 Å². The fraction of sp³-hybridized carbons (Fsp3) is 0.273. The van der Waals surface area contributed by atoms with Crippen LogP contribution in [0.1, 0.15) is 22.5 Å². The van der Waals surface area contributed by atoms with Crippen LogP contribution in [0.15, 0.2) is 59.4 Å². The molecular weight excluding hydrogens is 340 g/mol. The highest BCUT2D eigenvalue weighted by Gasteiger charge is 2.29. The van der Waals surface area contributed by atoms with Gasteiger partial charge in [0.15, 0.2) is 0 Å². The van der Waals surface area contributed by atoms with Crippen molar-refractivity contribution in [2.24, 2.45) is 7.05 Å². The third-order valence-corrected chi connectivity index (χ3v) is 5.23. The molecule has 2 heterocycles. The number of ether oxygens (including phenoxy) is 1. The normalized spacial score (nSPS) is 16.7. The van der Waals surface area contributed by atoms with Crippen LogP contribution < -0.4 is 10.3 Å². The van der Waals surface area contributed by atoms with Gasteiger partial charge in [0, 0.05) is 37.3 Å². The molecule has 0 bridgehead atoms. The van der Waals surface area contributed by atoms with Crippen LogP contribution in [0, 0.1) is 6.92 Å². The summed E-state index contributed by atoms with van der Waals surface area (Å²) in [6.07, 6.45) is 0.653. The molecule has 1 aliphatic heterocycles. The van der Waals surface area contributed by atoms with Crippen LogP contribution in [-0.4, -0.2) is 34.6 Å². The molecule has 3 aromatic rings. The number of nitrogens with zero attached hydrogens (tertiary/aromatic N) is 2. The van der Waals surface area contributed by atoms with E-state index in [1.165, 1.54) is 6.07 Å². The van der Waals surface area contributed by atoms with E-state index in [0.29, 0.717) is 18.8 Å². The lowest BCUT2D eigenvalue weighted by molar-refractivity contribution is 0.0774. The van der Waals surface area contributed by atoms with Crippen LogP contribution in [0.4, 0.5) is 0 Å². The Morgan fingerprint density at radius 2 is 1.89 bits per heavy atom. The number of rotatable bonds is 3. The van der Waals surface area contributed by atoms with Crippen molar-refractivity contribution in [2.75, 3.05) is 13.1 Å². The van der Waals surface area contributed by atoms with Crippen LogP contribution in [0.5, 0.6) is 5.75 Å². The molecule has 1 fully saturated rings. The van der Waals surface area contributed by atoms with Gasteiger partial charge in [0.1, 0.15) is 11.9 Å². The Balaban J connectivity index is 1.51. The van der Waals surface area contributed by atoms with Crippen LogP contribution in [0.25, 0.3) is 10.8 Å². The highest BCUT2D eigenvalue weighted by atomic mass is 16.5. The molecular formula is C22H22N2O3. The number of carbonyl (C=O) groups excluding carboxylic acids is 1. The van der Waals surface area contributed by atoms with E-state index in [0.717, 1.165) is 28.5 Å². The van der Waals surface area contributed by atoms with E-state index in [2.05, 4.69) is 0 Å². The predicted molar refractivity (Wildman–Crippen MR) is 105 cm³/mol. The second-order valence-electron chi connectivity index (χ2n) is 7.04. The highest BCUT2D eigenvalue weighted by Crippen LogP contribution is 2.23. The van der Waals surface area contributed by atoms with Gasteiger partial charge in [-0.25, -0.2) is 0 Å². The van der Waals surface area contributed by atoms with E-state index in [9.17, 15) is 9.59 Å². The van der Waals surface area contributed by atoms with Crippen molar-refractivity contribution in [1.29, 1.82) is 0 Å². The molecule has 1 saturated heterocycles. The Morgan fingerprint density at radius 3 is 2.70 bits per heavy atom. The number of fused-ring (bicyclic) bond motifs is 1. The summed E-state index contributed by atoms with van der Waals surface area (Å²) in [5.74, 6) is 0.595. The van der Waals surface area contributed by atoms with Crippen molar-refractivity contribution in [3.05, 3.63) is 76.2 Å². The van der Waals surface area contributed by atoms with Crippen molar-refractivity contribution < 1.29 is 9.53 Å². The minimum atomic E-state index is -0.101. The first-order chi connectivity index (χ1) is 13.0. The van der Waals surface area contributed by atoms with Crippen LogP contribution in [-0.2, 0) is 7.05 Å². The molecule has 1 unspecified atom stereocenters. The Labute approximate surface area is 157 Å². The van der Waals surface area contributed by atoms with Gasteiger partial charge in [-0.2, -0.15) is 0 Å². The van der Waals surface area contributed by atoms with Crippen molar-refractivity contribution >= 4 is 16.7 Å². The molecule has 5 nitrogen and oxygen atoms in total. The van der Waals surface area contributed by atoms with Crippen molar-refractivity contribution in [1.82, 2.24) is 9.47 Å². The van der Waals surface area contributed by atoms with Crippen molar-refractivity contribution in [3.63, 3.8) is 0 Å². The van der Waals surface area contributed by atoms with Gasteiger partial charge >= 0.3 is 0 Å². The number of amides is 1. The Kier molecular flexibility index (Phi) is 4.44. The zero-order valence-corrected chi connectivity index (χ0v) is 15.5. The summed E-state index contributed by atoms with van der Waals surface area (Å²) < 4.78 is 7.57. The number of carbonyl (C=O) groups is 1. The molecule has 5 heteroatoms. The van der Waals surface area contributed by atoms with Crippen molar-refractivity contribution in [3.8, 4) is 5.75 Å². The second-order valence-corrected chi connectivity index (χ2v) is 7.04. The lowest BCUT2D eigenvalue weighted by Crippen LogP contribution is -2.31. The topological polar surface area (TPSA) is 51.5 Å². The standard InChI is InChI=1S/C22H22N2O3/c1-15-12-18(13-21(25)23(15)2)27-17-10-11-24(14-17)22(26)20-9-5-7-16-6-3-4-8-19(16)20/h3-9,12-13,17H,10-11,14H2,1-2H3. The molecule has 0 spiro atoms. The van der Waals surface area contributed by atoms with E-state index in [4.69, 9.17) is 4.74 Å². The Morgan fingerprint density at radius 1 is 1.11 bits per heavy atom. The minimum absolute atomic E-state index is 0.0260. The molecule has 1 amide bonds. The van der Waals surface area contributed by atoms with E-state index < -0.39 is 0 Å². The molecule has 1 aliphatic rings. The first-order valence-electron chi connectivity index (χ1n) is 9.14. The zero-order valence-electron chi connectivity index (χ0n) is 15.5. The third-order valence-electron chi connectivity index (χ3n) is 5.23. The molecule has 0 saturated carbocycles. The Hall–Kier alpha value is -3.08. The van der Waals surface area contributed by atoms with Gasteiger partial charge in [-0.05, 0) is 29.8 Å². The van der Waals surface area contributed by atoms with Gasteiger partial charge in [-0.15, -0.1) is 0 Å². The summed E-state index contributed by atoms with van der Waals surface area (Å²) >= 11 is 0. The fourth-order valence-electron chi connectivity index (χ4n) is 3.59. The van der Waals surface area contributed by atoms with Crippen LogP contribution in [0.2, 0.25) is 0 Å². The number of benzene rings is 2. The first kappa shape index (κ1) is 17.3. The maximum absolute atomic E-state index is 13.0. The van der Waals surface area contributed by atoms with Crippen molar-refractivity contribution in [2.45, 2.75) is 19.4 Å². The second kappa shape index (κ2) is 6.91. The lowest BCUT2D eigenvalue weighted by Gasteiger charge is -2.18. The number of hydrogen-bond acceptors (Lipinski definition) is 3. The molecule has 1 aromatic heterocycles. The smallest absolute Gasteiger partial charge is 0.254 e. The van der Waals surface area contributed by atoms with E-state index in [1.54, 1.807) is 11.6 Å². The van der Waals surface area contributed by atoms with Crippen LogP contribution in [0.3, 0.4) is 0 Å². The highest BCUT2D eigenvalue weighted by molar-refractivity contribution is 6.07. The van der Waals surface area contributed by atoms with E-state index in [-0.39, 0.29) is 17.6 Å². The minimum Gasteiger partial charge on any atom is -0.488 e. The molecule has 27 heavy (non-hydrogen) atoms. The van der Waals surface area contributed by atoms with Gasteiger partial charge in [0.25, 0.3) is 11.5 Å². The maximum atomic E-state index is 13.0. The average Bonchev–Trinajstić information content (AvgIpc) is 3.13. The largest absolute Gasteiger partial charge is 0.488 e. The molecule has 138 valence electrons. The molecule has 2 aromatic carbocycles. The zero-order chi connectivity index (χ0) is 19.0. The monoisotopic (exact) mass is 362 g/mol. The molecule has 0 aliphatic carbocycles. The summed E-state index contributed by atoms with van der Waals surface area (Å²) in [6, 6.07) is 17.1. The van der Waals surface area contributed by atoms with Gasteiger partial charge in [-0.3, -0.25) is 9.59 Å². The number of likely N-dealkylation sites (tertiary alicyclic amines) is 1. The summed E-state index contributed by atoms with van der Waals surface area (Å²) in [4.78, 5) is 26.8. The number of aromatic nitrogens is 1. The van der Waals surface area contributed by atoms with E-state index in [1.807, 2.05) is 60.4 Å². The molecule has 0 N–H and O–H groups in total. The summed E-state index contributed by atoms with van der Waals surface area (Å²) in [6.45, 7) is 3.05. The summed E-state index contributed by atoms with van der Waals surface area (Å²) in [7, 11) is 1.74. The number of aryl methyl sites for hydroxylation is 1. The quantitative estimate of drug-likeness (QED) is 0.719. The van der Waals surface area contributed by atoms with Gasteiger partial charge in [-0.1, -0.05) is 36.4 Å². The first-order valence-corrected chi connectivity index (χ1v) is 9.14. The fourth-order valence-corrected chi connectivity index (χ4v) is 3.59. The van der Waals surface area contributed by atoms with Gasteiger partial charge in [0.2, 0.25) is 0 Å². The SMILES string of the molecule is Cc1cc(OC2CCN(C(=O)c3cccc4ccccc34)C2)cc(=O)n1C.